The van der Waals surface area contributed by atoms with Gasteiger partial charge in [0.1, 0.15) is 0 Å². The number of aromatic nitrogens is 2. The fourth-order valence-electron chi connectivity index (χ4n) is 1.60. The third kappa shape index (κ3) is 3.58. The number of benzene rings is 1. The average Bonchev–Trinajstić information content (AvgIpc) is 2.89. The van der Waals surface area contributed by atoms with Gasteiger partial charge in [0.15, 0.2) is 0 Å². The molecule has 0 aliphatic carbocycles. The van der Waals surface area contributed by atoms with Gasteiger partial charge in [0.2, 0.25) is 11.7 Å². The van der Waals surface area contributed by atoms with Crippen LogP contribution in [0.2, 0.25) is 0 Å². The molecule has 0 aliphatic heterocycles. The largest absolute Gasteiger partial charge is 0.337 e. The SMILES string of the molecule is CSCC[C@@H](N)c1nc(-c2ccc(C)c(Br)c2)no1. The van der Waals surface area contributed by atoms with E-state index in [2.05, 4.69) is 32.3 Å². The van der Waals surface area contributed by atoms with Crippen LogP contribution in [0.25, 0.3) is 11.4 Å². The molecule has 1 atom stereocenters. The molecule has 0 amide bonds. The maximum atomic E-state index is 6.01. The Kier molecular flexibility index (Phi) is 5.01. The quantitative estimate of drug-likeness (QED) is 0.900. The number of aryl methyl sites for hydroxylation is 1. The number of halogens is 1. The average molecular weight is 342 g/mol. The second kappa shape index (κ2) is 6.54. The van der Waals surface area contributed by atoms with Crippen molar-refractivity contribution in [1.82, 2.24) is 10.1 Å². The van der Waals surface area contributed by atoms with Crippen LogP contribution in [0, 0.1) is 6.92 Å². The van der Waals surface area contributed by atoms with Gasteiger partial charge in [0, 0.05) is 10.0 Å². The molecule has 0 aliphatic rings. The highest BCUT2D eigenvalue weighted by molar-refractivity contribution is 9.10. The lowest BCUT2D eigenvalue weighted by Gasteiger charge is -2.03. The number of nitrogens with zero attached hydrogens (tertiary/aromatic N) is 2. The van der Waals surface area contributed by atoms with Gasteiger partial charge in [-0.25, -0.2) is 0 Å². The molecule has 0 fully saturated rings. The minimum Gasteiger partial charge on any atom is -0.337 e. The van der Waals surface area contributed by atoms with Crippen LogP contribution in [0.3, 0.4) is 0 Å². The van der Waals surface area contributed by atoms with Crippen molar-refractivity contribution < 1.29 is 4.52 Å². The molecular weight excluding hydrogens is 326 g/mol. The highest BCUT2D eigenvalue weighted by Gasteiger charge is 2.15. The molecule has 4 nitrogen and oxygen atoms in total. The summed E-state index contributed by atoms with van der Waals surface area (Å²) in [7, 11) is 0. The Bertz CT molecular complexity index is 559. The van der Waals surface area contributed by atoms with Crippen LogP contribution in [0.4, 0.5) is 0 Å². The van der Waals surface area contributed by atoms with Crippen molar-refractivity contribution >= 4 is 27.7 Å². The lowest BCUT2D eigenvalue weighted by atomic mass is 10.1. The van der Waals surface area contributed by atoms with E-state index in [1.807, 2.05) is 25.1 Å². The lowest BCUT2D eigenvalue weighted by molar-refractivity contribution is 0.353. The van der Waals surface area contributed by atoms with Gasteiger partial charge in [-0.2, -0.15) is 16.7 Å². The lowest BCUT2D eigenvalue weighted by Crippen LogP contribution is -2.11. The van der Waals surface area contributed by atoms with Gasteiger partial charge in [-0.3, -0.25) is 0 Å². The van der Waals surface area contributed by atoms with Crippen LogP contribution in [0.15, 0.2) is 27.2 Å². The Morgan fingerprint density at radius 2 is 2.26 bits per heavy atom. The molecular formula is C13H16BrN3OS. The zero-order valence-electron chi connectivity index (χ0n) is 10.9. The normalized spacial score (nSPS) is 12.6. The fraction of sp³-hybridized carbons (Fsp3) is 0.385. The van der Waals surface area contributed by atoms with E-state index in [0.717, 1.165) is 22.2 Å². The summed E-state index contributed by atoms with van der Waals surface area (Å²) >= 11 is 5.25. The van der Waals surface area contributed by atoms with E-state index in [1.165, 1.54) is 5.56 Å². The maximum Gasteiger partial charge on any atom is 0.243 e. The van der Waals surface area contributed by atoms with E-state index >= 15 is 0 Å². The molecule has 0 saturated carbocycles. The fourth-order valence-corrected chi connectivity index (χ4v) is 2.47. The molecule has 102 valence electrons. The van der Waals surface area contributed by atoms with Crippen molar-refractivity contribution in [2.24, 2.45) is 5.73 Å². The van der Waals surface area contributed by atoms with Crippen LogP contribution in [0.5, 0.6) is 0 Å². The standard InChI is InChI=1S/C13H16BrN3OS/c1-8-3-4-9(7-10(8)14)12-16-13(18-17-12)11(15)5-6-19-2/h3-4,7,11H,5-6,15H2,1-2H3/t11-/m1/s1. The monoisotopic (exact) mass is 341 g/mol. The number of hydrogen-bond acceptors (Lipinski definition) is 5. The van der Waals surface area contributed by atoms with E-state index in [0.29, 0.717) is 11.7 Å². The second-order valence-electron chi connectivity index (χ2n) is 4.31. The molecule has 1 aromatic heterocycles. The molecule has 2 N–H and O–H groups in total. The summed E-state index contributed by atoms with van der Waals surface area (Å²) in [6, 6.07) is 5.78. The van der Waals surface area contributed by atoms with E-state index in [1.54, 1.807) is 11.8 Å². The topological polar surface area (TPSA) is 64.9 Å². The predicted octanol–water partition coefficient (Wildman–Crippen LogP) is 3.56. The van der Waals surface area contributed by atoms with Gasteiger partial charge in [-0.1, -0.05) is 33.2 Å². The summed E-state index contributed by atoms with van der Waals surface area (Å²) in [6.07, 6.45) is 2.89. The third-order valence-electron chi connectivity index (χ3n) is 2.82. The predicted molar refractivity (Wildman–Crippen MR) is 82.1 cm³/mol. The Labute approximate surface area is 125 Å². The molecule has 0 saturated heterocycles. The Hall–Kier alpha value is -0.850. The first-order valence-electron chi connectivity index (χ1n) is 5.96. The number of nitrogens with two attached hydrogens (primary N) is 1. The first-order chi connectivity index (χ1) is 9.11. The Morgan fingerprint density at radius 1 is 1.47 bits per heavy atom. The van der Waals surface area contributed by atoms with E-state index in [-0.39, 0.29) is 6.04 Å². The second-order valence-corrected chi connectivity index (χ2v) is 6.15. The van der Waals surface area contributed by atoms with Crippen LogP contribution >= 0.6 is 27.7 Å². The summed E-state index contributed by atoms with van der Waals surface area (Å²) in [4.78, 5) is 4.37. The highest BCUT2D eigenvalue weighted by atomic mass is 79.9. The molecule has 19 heavy (non-hydrogen) atoms. The van der Waals surface area contributed by atoms with Gasteiger partial charge < -0.3 is 10.3 Å². The summed E-state index contributed by atoms with van der Waals surface area (Å²) < 4.78 is 6.27. The molecule has 0 unspecified atom stereocenters. The van der Waals surface area contributed by atoms with Gasteiger partial charge in [-0.05, 0) is 37.0 Å². The molecule has 1 aromatic carbocycles. The van der Waals surface area contributed by atoms with E-state index in [9.17, 15) is 0 Å². The summed E-state index contributed by atoms with van der Waals surface area (Å²) in [5.41, 5.74) is 8.10. The number of hydrogen-bond donors (Lipinski definition) is 1. The number of thioether (sulfide) groups is 1. The first-order valence-corrected chi connectivity index (χ1v) is 8.15. The van der Waals surface area contributed by atoms with Crippen LogP contribution < -0.4 is 5.73 Å². The van der Waals surface area contributed by atoms with Crippen LogP contribution in [0.1, 0.15) is 23.9 Å². The molecule has 2 aromatic rings. The van der Waals surface area contributed by atoms with Gasteiger partial charge in [0.25, 0.3) is 0 Å². The first kappa shape index (κ1) is 14.6. The van der Waals surface area contributed by atoms with Crippen molar-refractivity contribution in [3.8, 4) is 11.4 Å². The Balaban J connectivity index is 2.18. The number of rotatable bonds is 5. The van der Waals surface area contributed by atoms with Crippen molar-refractivity contribution in [3.63, 3.8) is 0 Å². The van der Waals surface area contributed by atoms with Crippen molar-refractivity contribution in [1.29, 1.82) is 0 Å². The van der Waals surface area contributed by atoms with Gasteiger partial charge >= 0.3 is 0 Å². The third-order valence-corrected chi connectivity index (χ3v) is 4.32. The molecule has 0 radical (unpaired) electrons. The van der Waals surface area contributed by atoms with Gasteiger partial charge in [-0.15, -0.1) is 0 Å². The minimum absolute atomic E-state index is 0.192. The molecule has 6 heteroatoms. The summed E-state index contributed by atoms with van der Waals surface area (Å²) in [5, 5.41) is 3.99. The van der Waals surface area contributed by atoms with Crippen molar-refractivity contribution in [2.45, 2.75) is 19.4 Å². The summed E-state index contributed by atoms with van der Waals surface area (Å²) in [6.45, 7) is 2.04. The maximum absolute atomic E-state index is 6.01. The van der Waals surface area contributed by atoms with Gasteiger partial charge in [0.05, 0.1) is 6.04 Å². The van der Waals surface area contributed by atoms with Crippen LogP contribution in [-0.4, -0.2) is 22.1 Å². The van der Waals surface area contributed by atoms with Crippen molar-refractivity contribution in [3.05, 3.63) is 34.1 Å². The molecule has 2 rings (SSSR count). The van der Waals surface area contributed by atoms with E-state index in [4.69, 9.17) is 10.3 Å². The Morgan fingerprint density at radius 3 is 2.95 bits per heavy atom. The highest BCUT2D eigenvalue weighted by Crippen LogP contribution is 2.25. The zero-order valence-corrected chi connectivity index (χ0v) is 13.3. The van der Waals surface area contributed by atoms with Crippen LogP contribution in [-0.2, 0) is 0 Å². The van der Waals surface area contributed by atoms with Crippen molar-refractivity contribution in [2.75, 3.05) is 12.0 Å². The molecule has 0 spiro atoms. The summed E-state index contributed by atoms with van der Waals surface area (Å²) in [5.74, 6) is 2.06. The molecule has 0 bridgehead atoms. The minimum atomic E-state index is -0.192. The smallest absolute Gasteiger partial charge is 0.243 e. The molecule has 1 heterocycles. The zero-order chi connectivity index (χ0) is 13.8. The van der Waals surface area contributed by atoms with E-state index < -0.39 is 0 Å².